The Morgan fingerprint density at radius 3 is 2.38 bits per heavy atom. The van der Waals surface area contributed by atoms with Gasteiger partial charge in [-0.05, 0) is 18.2 Å². The van der Waals surface area contributed by atoms with Crippen LogP contribution in [0.3, 0.4) is 0 Å². The average Bonchev–Trinajstić information content (AvgIpc) is 3.18. The number of carbonyl (C=O) groups excluding carboxylic acids is 3. The van der Waals surface area contributed by atoms with Crippen LogP contribution in [0.25, 0.3) is 0 Å². The van der Waals surface area contributed by atoms with Crippen molar-refractivity contribution in [3.05, 3.63) is 70.2 Å². The molecule has 3 aromatic rings. The largest absolute Gasteiger partial charge is 0.325 e. The third kappa shape index (κ3) is 3.04. The fraction of sp³-hybridized carbons (Fsp3) is 0.0556. The highest BCUT2D eigenvalue weighted by atomic mass is 32.2. The van der Waals surface area contributed by atoms with Crippen molar-refractivity contribution in [1.82, 2.24) is 10.2 Å². The monoisotopic (exact) mass is 381 g/mol. The molecule has 0 aliphatic heterocycles. The van der Waals surface area contributed by atoms with Gasteiger partial charge in [0.2, 0.25) is 5.91 Å². The number of aromatic nitrogens is 2. The van der Waals surface area contributed by atoms with Gasteiger partial charge in [-0.2, -0.15) is 0 Å². The molecule has 0 atom stereocenters. The van der Waals surface area contributed by atoms with Crippen LogP contribution in [0, 0.1) is 0 Å². The van der Waals surface area contributed by atoms with Gasteiger partial charge in [-0.25, -0.2) is 0 Å². The quantitative estimate of drug-likeness (QED) is 0.547. The molecule has 4 rings (SSSR count). The molecule has 0 saturated carbocycles. The number of amides is 1. The van der Waals surface area contributed by atoms with E-state index in [9.17, 15) is 14.4 Å². The molecule has 26 heavy (non-hydrogen) atoms. The number of hydrogen-bond acceptors (Lipinski definition) is 7. The lowest BCUT2D eigenvalue weighted by atomic mass is 9.84. The molecule has 0 unspecified atom stereocenters. The van der Waals surface area contributed by atoms with E-state index in [0.29, 0.717) is 32.3 Å². The summed E-state index contributed by atoms with van der Waals surface area (Å²) >= 11 is 2.65. The molecule has 1 aliphatic carbocycles. The molecular weight excluding hydrogens is 370 g/mol. The van der Waals surface area contributed by atoms with E-state index in [-0.39, 0.29) is 23.2 Å². The minimum atomic E-state index is -0.222. The van der Waals surface area contributed by atoms with E-state index in [1.54, 1.807) is 48.0 Å². The van der Waals surface area contributed by atoms with Gasteiger partial charge in [0.05, 0.1) is 5.75 Å². The van der Waals surface area contributed by atoms with Gasteiger partial charge >= 0.3 is 0 Å². The van der Waals surface area contributed by atoms with Crippen LogP contribution >= 0.6 is 23.1 Å². The summed E-state index contributed by atoms with van der Waals surface area (Å²) in [4.78, 5) is 37.3. The van der Waals surface area contributed by atoms with E-state index in [0.717, 1.165) is 0 Å². The Hall–Kier alpha value is -2.84. The third-order valence-corrected chi connectivity index (χ3v) is 5.74. The first kappa shape index (κ1) is 16.6. The summed E-state index contributed by atoms with van der Waals surface area (Å²) in [6.07, 6.45) is 0. The molecule has 0 radical (unpaired) electrons. The average molecular weight is 381 g/mol. The maximum atomic E-state index is 12.7. The SMILES string of the molecule is O=C(CSc1nncs1)Nc1ccc2c(c1)C(=O)c1ccccc1C2=O. The smallest absolute Gasteiger partial charge is 0.234 e. The summed E-state index contributed by atoms with van der Waals surface area (Å²) in [6, 6.07) is 11.5. The molecule has 128 valence electrons. The second-order valence-corrected chi connectivity index (χ2v) is 7.56. The summed E-state index contributed by atoms with van der Waals surface area (Å²) < 4.78 is 0.711. The molecule has 0 spiro atoms. The number of nitrogens with zero attached hydrogens (tertiary/aromatic N) is 2. The van der Waals surface area contributed by atoms with Crippen molar-refractivity contribution >= 4 is 46.3 Å². The van der Waals surface area contributed by atoms with Crippen LogP contribution in [0.15, 0.2) is 52.3 Å². The molecular formula is C18H11N3O3S2. The highest BCUT2D eigenvalue weighted by molar-refractivity contribution is 8.01. The van der Waals surface area contributed by atoms with Crippen LogP contribution in [0.4, 0.5) is 5.69 Å². The summed E-state index contributed by atoms with van der Waals surface area (Å²) in [6.45, 7) is 0. The Morgan fingerprint density at radius 1 is 1.00 bits per heavy atom. The molecule has 0 fully saturated rings. The molecule has 0 bridgehead atoms. The van der Waals surface area contributed by atoms with Crippen LogP contribution in [0.5, 0.6) is 0 Å². The summed E-state index contributed by atoms with van der Waals surface area (Å²) in [7, 11) is 0. The van der Waals surface area contributed by atoms with Crippen molar-refractivity contribution in [3.8, 4) is 0 Å². The van der Waals surface area contributed by atoms with Gasteiger partial charge in [-0.15, -0.1) is 10.2 Å². The lowest BCUT2D eigenvalue weighted by Crippen LogP contribution is -2.21. The van der Waals surface area contributed by atoms with Crippen LogP contribution in [0.1, 0.15) is 31.8 Å². The van der Waals surface area contributed by atoms with Gasteiger partial charge in [-0.1, -0.05) is 47.4 Å². The molecule has 1 heterocycles. The predicted molar refractivity (Wildman–Crippen MR) is 99.0 cm³/mol. The molecule has 1 N–H and O–H groups in total. The second-order valence-electron chi connectivity index (χ2n) is 5.51. The van der Waals surface area contributed by atoms with E-state index in [1.165, 1.54) is 23.1 Å². The fourth-order valence-electron chi connectivity index (χ4n) is 2.73. The maximum absolute atomic E-state index is 12.7. The lowest BCUT2D eigenvalue weighted by molar-refractivity contribution is -0.113. The summed E-state index contributed by atoms with van der Waals surface area (Å²) in [5.41, 5.74) is 3.55. The zero-order chi connectivity index (χ0) is 18.1. The number of thioether (sulfide) groups is 1. The first-order valence-electron chi connectivity index (χ1n) is 7.65. The van der Waals surface area contributed by atoms with Crippen LogP contribution < -0.4 is 5.32 Å². The van der Waals surface area contributed by atoms with Crippen molar-refractivity contribution in [2.45, 2.75) is 4.34 Å². The van der Waals surface area contributed by atoms with Crippen LogP contribution in [-0.4, -0.2) is 33.4 Å². The molecule has 2 aromatic carbocycles. The number of anilines is 1. The zero-order valence-electron chi connectivity index (χ0n) is 13.3. The minimum absolute atomic E-state index is 0.181. The van der Waals surface area contributed by atoms with Crippen molar-refractivity contribution < 1.29 is 14.4 Å². The molecule has 8 heteroatoms. The number of benzene rings is 2. The molecule has 1 aromatic heterocycles. The van der Waals surface area contributed by atoms with E-state index in [4.69, 9.17) is 0 Å². The highest BCUT2D eigenvalue weighted by Gasteiger charge is 2.29. The van der Waals surface area contributed by atoms with Gasteiger partial charge < -0.3 is 5.32 Å². The van der Waals surface area contributed by atoms with Crippen molar-refractivity contribution in [2.24, 2.45) is 0 Å². The van der Waals surface area contributed by atoms with Crippen LogP contribution in [-0.2, 0) is 4.79 Å². The first-order valence-corrected chi connectivity index (χ1v) is 9.51. The van der Waals surface area contributed by atoms with Gasteiger partial charge in [0.1, 0.15) is 5.51 Å². The second kappa shape index (κ2) is 6.81. The number of ketones is 2. The minimum Gasteiger partial charge on any atom is -0.325 e. The normalized spacial score (nSPS) is 12.5. The van der Waals surface area contributed by atoms with Crippen LogP contribution in [0.2, 0.25) is 0 Å². The van der Waals surface area contributed by atoms with Crippen molar-refractivity contribution in [2.75, 3.05) is 11.1 Å². The van der Waals surface area contributed by atoms with E-state index in [1.807, 2.05) is 0 Å². The number of nitrogens with one attached hydrogen (secondary N) is 1. The Morgan fingerprint density at radius 2 is 1.69 bits per heavy atom. The predicted octanol–water partition coefficient (Wildman–Crippen LogP) is 3.04. The fourth-order valence-corrected chi connectivity index (χ4v) is 4.02. The summed E-state index contributed by atoms with van der Waals surface area (Å²) in [5, 5.41) is 10.3. The number of hydrogen-bond donors (Lipinski definition) is 1. The topological polar surface area (TPSA) is 89.0 Å². The lowest BCUT2D eigenvalue weighted by Gasteiger charge is -2.18. The Labute approximate surface area is 156 Å². The van der Waals surface area contributed by atoms with Gasteiger partial charge in [0, 0.05) is 27.9 Å². The number of carbonyl (C=O) groups is 3. The van der Waals surface area contributed by atoms with Gasteiger partial charge in [0.15, 0.2) is 15.9 Å². The molecule has 1 amide bonds. The molecule has 0 saturated heterocycles. The van der Waals surface area contributed by atoms with E-state index >= 15 is 0 Å². The third-order valence-electron chi connectivity index (χ3n) is 3.88. The van der Waals surface area contributed by atoms with E-state index < -0.39 is 0 Å². The Bertz CT molecular complexity index is 1030. The number of fused-ring (bicyclic) bond motifs is 2. The first-order chi connectivity index (χ1) is 12.6. The molecule has 1 aliphatic rings. The maximum Gasteiger partial charge on any atom is 0.234 e. The van der Waals surface area contributed by atoms with E-state index in [2.05, 4.69) is 15.5 Å². The summed E-state index contributed by atoms with van der Waals surface area (Å²) in [5.74, 6) is -0.434. The van der Waals surface area contributed by atoms with Crippen molar-refractivity contribution in [3.63, 3.8) is 0 Å². The Balaban J connectivity index is 1.54. The molecule has 6 nitrogen and oxygen atoms in total. The zero-order valence-corrected chi connectivity index (χ0v) is 14.9. The van der Waals surface area contributed by atoms with Gasteiger partial charge in [-0.3, -0.25) is 14.4 Å². The van der Waals surface area contributed by atoms with Crippen molar-refractivity contribution in [1.29, 1.82) is 0 Å². The Kier molecular flexibility index (Phi) is 4.36. The standard InChI is InChI=1S/C18H11N3O3S2/c22-15(8-25-18-21-19-9-26-18)20-10-5-6-13-14(7-10)17(24)12-4-2-1-3-11(12)16(13)23/h1-7,9H,8H2,(H,20,22). The van der Waals surface area contributed by atoms with Gasteiger partial charge in [0.25, 0.3) is 0 Å². The number of rotatable bonds is 4. The highest BCUT2D eigenvalue weighted by Crippen LogP contribution is 2.29.